The number of carbonyl (C=O) groups excluding carboxylic acids is 1. The van der Waals surface area contributed by atoms with Crippen molar-refractivity contribution in [3.63, 3.8) is 0 Å². The second-order valence-corrected chi connectivity index (χ2v) is 7.09. The number of hydrogen-bond acceptors (Lipinski definition) is 5. The summed E-state index contributed by atoms with van der Waals surface area (Å²) in [5, 5.41) is 13.7. The van der Waals surface area contributed by atoms with Gasteiger partial charge < -0.3 is 20.1 Å². The number of pyridine rings is 1. The molecule has 1 amide bonds. The molecule has 0 spiro atoms. The molecule has 1 aliphatic carbocycles. The lowest BCUT2D eigenvalue weighted by Gasteiger charge is -2.29. The van der Waals surface area contributed by atoms with E-state index < -0.39 is 18.0 Å². The molecule has 0 aliphatic heterocycles. The Morgan fingerprint density at radius 2 is 2.11 bits per heavy atom. The molecule has 27 heavy (non-hydrogen) atoms. The van der Waals surface area contributed by atoms with E-state index in [2.05, 4.69) is 10.3 Å². The van der Waals surface area contributed by atoms with Gasteiger partial charge in [-0.15, -0.1) is 0 Å². The minimum atomic E-state index is -0.834. The number of carbonyl (C=O) groups is 1. The second-order valence-electron chi connectivity index (χ2n) is 7.09. The van der Waals surface area contributed by atoms with Gasteiger partial charge in [0, 0.05) is 18.7 Å². The summed E-state index contributed by atoms with van der Waals surface area (Å²) in [5.74, 6) is -0.353. The van der Waals surface area contributed by atoms with Crippen LogP contribution in [0, 0.1) is 12.7 Å². The van der Waals surface area contributed by atoms with Crippen LogP contribution in [0.5, 0.6) is 5.75 Å². The number of nitrogens with zero attached hydrogens (tertiary/aromatic N) is 2. The molecule has 1 heterocycles. The van der Waals surface area contributed by atoms with Crippen molar-refractivity contribution in [3.8, 4) is 5.75 Å². The SMILES string of the molecule is Cc1ccc(C(=O)N[C@@H]2C[C@@H](Oc3cccc(F)c3)[C@H](O)[C@H]2N(C)C)nc1. The van der Waals surface area contributed by atoms with Crippen molar-refractivity contribution in [2.45, 2.75) is 37.6 Å². The summed E-state index contributed by atoms with van der Waals surface area (Å²) in [6.07, 6.45) is 0.644. The maximum absolute atomic E-state index is 13.4. The van der Waals surface area contributed by atoms with Gasteiger partial charge in [0.15, 0.2) is 0 Å². The Kier molecular flexibility index (Phi) is 5.72. The fourth-order valence-electron chi connectivity index (χ4n) is 3.47. The molecule has 1 aromatic heterocycles. The zero-order chi connectivity index (χ0) is 19.6. The topological polar surface area (TPSA) is 74.7 Å². The highest BCUT2D eigenvalue weighted by Gasteiger charge is 2.45. The normalized spacial score (nSPS) is 24.8. The maximum atomic E-state index is 13.4. The first-order valence-corrected chi connectivity index (χ1v) is 8.85. The number of ether oxygens (including phenoxy) is 1. The van der Waals surface area contributed by atoms with Crippen LogP contribution in [0.25, 0.3) is 0 Å². The zero-order valence-corrected chi connectivity index (χ0v) is 15.6. The molecule has 0 bridgehead atoms. The Bertz CT molecular complexity index is 797. The molecule has 6 nitrogen and oxygen atoms in total. The summed E-state index contributed by atoms with van der Waals surface area (Å²) in [5.41, 5.74) is 1.29. The summed E-state index contributed by atoms with van der Waals surface area (Å²) >= 11 is 0. The van der Waals surface area contributed by atoms with Crippen LogP contribution in [0.3, 0.4) is 0 Å². The Morgan fingerprint density at radius 1 is 1.33 bits per heavy atom. The first-order chi connectivity index (χ1) is 12.8. The largest absolute Gasteiger partial charge is 0.487 e. The lowest BCUT2D eigenvalue weighted by Crippen LogP contribution is -2.50. The zero-order valence-electron chi connectivity index (χ0n) is 15.6. The molecular formula is C20H24FN3O3. The average Bonchev–Trinajstić information content (AvgIpc) is 2.90. The highest BCUT2D eigenvalue weighted by Crippen LogP contribution is 2.28. The molecule has 144 valence electrons. The fraction of sp³-hybridized carbons (Fsp3) is 0.400. The third kappa shape index (κ3) is 4.43. The monoisotopic (exact) mass is 373 g/mol. The standard InChI is InChI=1S/C20H24FN3O3/c1-12-7-8-15(22-11-12)20(26)23-16-10-17(19(25)18(16)24(2)3)27-14-6-4-5-13(21)9-14/h4-9,11,16-19,25H,10H2,1-3H3,(H,23,26)/t16-,17-,18+,19+/m1/s1. The molecule has 2 N–H and O–H groups in total. The number of aliphatic hydroxyl groups is 1. The lowest BCUT2D eigenvalue weighted by molar-refractivity contribution is 0.0209. The van der Waals surface area contributed by atoms with Crippen molar-refractivity contribution < 1.29 is 19.0 Å². The molecule has 0 radical (unpaired) electrons. The summed E-state index contributed by atoms with van der Waals surface area (Å²) < 4.78 is 19.2. The van der Waals surface area contributed by atoms with Crippen LogP contribution in [0.4, 0.5) is 4.39 Å². The van der Waals surface area contributed by atoms with E-state index in [4.69, 9.17) is 4.74 Å². The van der Waals surface area contributed by atoms with Gasteiger partial charge in [0.25, 0.3) is 5.91 Å². The van der Waals surface area contributed by atoms with Gasteiger partial charge in [-0.2, -0.15) is 0 Å². The van der Waals surface area contributed by atoms with Crippen molar-refractivity contribution in [1.29, 1.82) is 0 Å². The van der Waals surface area contributed by atoms with Crippen molar-refractivity contribution in [2.24, 2.45) is 0 Å². The van der Waals surface area contributed by atoms with E-state index in [-0.39, 0.29) is 18.0 Å². The van der Waals surface area contributed by atoms with Gasteiger partial charge in [-0.05, 0) is 44.8 Å². The van der Waals surface area contributed by atoms with Gasteiger partial charge in [-0.1, -0.05) is 12.1 Å². The Balaban J connectivity index is 1.73. The third-order valence-corrected chi connectivity index (χ3v) is 4.77. The van der Waals surface area contributed by atoms with Crippen LogP contribution in [-0.4, -0.2) is 59.3 Å². The fourth-order valence-corrected chi connectivity index (χ4v) is 3.47. The number of rotatable bonds is 5. The van der Waals surface area contributed by atoms with Crippen molar-refractivity contribution in [3.05, 3.63) is 59.7 Å². The van der Waals surface area contributed by atoms with Gasteiger partial charge in [-0.25, -0.2) is 4.39 Å². The van der Waals surface area contributed by atoms with Crippen molar-refractivity contribution in [2.75, 3.05) is 14.1 Å². The molecule has 1 saturated carbocycles. The van der Waals surface area contributed by atoms with Gasteiger partial charge in [0.2, 0.25) is 0 Å². The number of nitrogens with one attached hydrogen (secondary N) is 1. The smallest absolute Gasteiger partial charge is 0.270 e. The van der Waals surface area contributed by atoms with Crippen LogP contribution in [0.1, 0.15) is 22.5 Å². The first-order valence-electron chi connectivity index (χ1n) is 8.85. The Hall–Kier alpha value is -2.51. The van der Waals surface area contributed by atoms with E-state index in [0.717, 1.165) is 5.56 Å². The predicted octanol–water partition coefficient (Wildman–Crippen LogP) is 1.77. The number of benzene rings is 1. The van der Waals surface area contributed by atoms with Crippen LogP contribution in [-0.2, 0) is 0 Å². The van der Waals surface area contributed by atoms with E-state index in [1.165, 1.54) is 12.1 Å². The number of aryl methyl sites for hydroxylation is 1. The molecule has 4 atom stereocenters. The Labute approximate surface area is 158 Å². The number of hydrogen-bond donors (Lipinski definition) is 2. The van der Waals surface area contributed by atoms with Gasteiger partial charge in [0.05, 0.1) is 12.1 Å². The van der Waals surface area contributed by atoms with Crippen molar-refractivity contribution in [1.82, 2.24) is 15.2 Å². The molecule has 0 saturated heterocycles. The van der Waals surface area contributed by atoms with Crippen LogP contribution in [0.2, 0.25) is 0 Å². The maximum Gasteiger partial charge on any atom is 0.270 e. The number of halogens is 1. The molecule has 1 aromatic carbocycles. The summed E-state index contributed by atoms with van der Waals surface area (Å²) in [6, 6.07) is 8.63. The van der Waals surface area contributed by atoms with E-state index >= 15 is 0 Å². The number of aromatic nitrogens is 1. The van der Waals surface area contributed by atoms with Crippen molar-refractivity contribution >= 4 is 5.91 Å². The second kappa shape index (κ2) is 8.02. The molecule has 3 rings (SSSR count). The average molecular weight is 373 g/mol. The van der Waals surface area contributed by atoms with E-state index in [1.54, 1.807) is 24.4 Å². The number of aliphatic hydroxyl groups excluding tert-OH is 1. The van der Waals surface area contributed by atoms with Gasteiger partial charge in [0.1, 0.15) is 29.5 Å². The minimum Gasteiger partial charge on any atom is -0.487 e. The van der Waals surface area contributed by atoms with E-state index in [9.17, 15) is 14.3 Å². The van der Waals surface area contributed by atoms with Crippen LogP contribution >= 0.6 is 0 Å². The molecule has 7 heteroatoms. The van der Waals surface area contributed by atoms with Gasteiger partial charge >= 0.3 is 0 Å². The molecule has 0 unspecified atom stereocenters. The van der Waals surface area contributed by atoms with Gasteiger partial charge in [-0.3, -0.25) is 9.78 Å². The molecule has 1 fully saturated rings. The van der Waals surface area contributed by atoms with Crippen LogP contribution < -0.4 is 10.1 Å². The van der Waals surface area contributed by atoms with E-state index in [1.807, 2.05) is 32.0 Å². The van der Waals surface area contributed by atoms with E-state index in [0.29, 0.717) is 17.9 Å². The van der Waals surface area contributed by atoms with Crippen LogP contribution in [0.15, 0.2) is 42.6 Å². The molecule has 1 aliphatic rings. The predicted molar refractivity (Wildman–Crippen MR) is 99.1 cm³/mol. The number of likely N-dealkylation sites (N-methyl/N-ethyl adjacent to an activating group) is 1. The summed E-state index contributed by atoms with van der Waals surface area (Å²) in [6.45, 7) is 1.90. The summed E-state index contributed by atoms with van der Waals surface area (Å²) in [4.78, 5) is 18.5. The quantitative estimate of drug-likeness (QED) is 0.836. The molecular weight excluding hydrogens is 349 g/mol. The summed E-state index contributed by atoms with van der Waals surface area (Å²) in [7, 11) is 3.67. The third-order valence-electron chi connectivity index (χ3n) is 4.77. The Morgan fingerprint density at radius 3 is 2.74 bits per heavy atom. The highest BCUT2D eigenvalue weighted by atomic mass is 19.1. The molecule has 2 aromatic rings. The highest BCUT2D eigenvalue weighted by molar-refractivity contribution is 5.92. The lowest BCUT2D eigenvalue weighted by atomic mass is 10.1. The number of amides is 1. The first kappa shape index (κ1) is 19.3. The minimum absolute atomic E-state index is 0.301.